The average Bonchev–Trinajstić information content (AvgIpc) is 2.93. The highest BCUT2D eigenvalue weighted by Crippen LogP contribution is 2.25. The van der Waals surface area contributed by atoms with Crippen LogP contribution in [0.2, 0.25) is 0 Å². The molecule has 108 valence electrons. The molecule has 1 saturated heterocycles. The minimum atomic E-state index is -0.106. The smallest absolute Gasteiger partial charge is 0.161 e. The predicted octanol–water partition coefficient (Wildman–Crippen LogP) is 2.86. The largest absolute Gasteiger partial charge is 0.356 e. The first-order valence-corrected chi connectivity index (χ1v) is 6.97. The Labute approximate surface area is 116 Å². The number of rotatable bonds is 4. The topological polar surface area (TPSA) is 34.6 Å². The summed E-state index contributed by atoms with van der Waals surface area (Å²) in [5.41, 5.74) is 1.19. The molecule has 19 heavy (non-hydrogen) atoms. The molecule has 2 rings (SSSR count). The molecule has 0 aliphatic carbocycles. The van der Waals surface area contributed by atoms with E-state index in [0.29, 0.717) is 5.92 Å². The molecule has 1 aliphatic heterocycles. The van der Waals surface area contributed by atoms with Crippen molar-refractivity contribution in [1.29, 1.82) is 0 Å². The molecule has 0 amide bonds. The second-order valence-corrected chi connectivity index (χ2v) is 4.53. The molecule has 0 bridgehead atoms. The Morgan fingerprint density at radius 3 is 2.47 bits per heavy atom. The molecule has 1 aromatic rings. The number of anilines is 1. The van der Waals surface area contributed by atoms with Crippen LogP contribution in [0.25, 0.3) is 0 Å². The van der Waals surface area contributed by atoms with Crippen molar-refractivity contribution in [2.24, 2.45) is 5.92 Å². The van der Waals surface area contributed by atoms with Gasteiger partial charge in [0.1, 0.15) is 5.82 Å². The Morgan fingerprint density at radius 1 is 1.26 bits per heavy atom. The molecule has 0 spiro atoms. The molecule has 1 atom stereocenters. The summed E-state index contributed by atoms with van der Waals surface area (Å²) in [5, 5.41) is 0. The lowest BCUT2D eigenvalue weighted by Gasteiger charge is -2.21. The van der Waals surface area contributed by atoms with Gasteiger partial charge in [0.05, 0.1) is 0 Å². The third-order valence-electron chi connectivity index (χ3n) is 3.29. The molecule has 0 N–H and O–H groups in total. The number of aromatic nitrogens is 1. The number of nitrogens with zero attached hydrogens (tertiary/aromatic N) is 2. The molecule has 0 radical (unpaired) electrons. The van der Waals surface area contributed by atoms with Gasteiger partial charge in [0.2, 0.25) is 0 Å². The number of hydrogen-bond donors (Lipinski definition) is 0. The Balaban J connectivity index is 0.000000861. The van der Waals surface area contributed by atoms with E-state index in [1.54, 1.807) is 14.2 Å². The second-order valence-electron chi connectivity index (χ2n) is 4.53. The fourth-order valence-electron chi connectivity index (χ4n) is 2.35. The van der Waals surface area contributed by atoms with Crippen molar-refractivity contribution in [3.8, 4) is 0 Å². The summed E-state index contributed by atoms with van der Waals surface area (Å²) in [7, 11) is 3.39. The summed E-state index contributed by atoms with van der Waals surface area (Å²) >= 11 is 0. The highest BCUT2D eigenvalue weighted by atomic mass is 16.7. The Morgan fingerprint density at radius 2 is 1.95 bits per heavy atom. The second kappa shape index (κ2) is 8.12. The van der Waals surface area contributed by atoms with Crippen molar-refractivity contribution in [3.63, 3.8) is 0 Å². The van der Waals surface area contributed by atoms with Crippen LogP contribution in [-0.2, 0) is 9.47 Å². The van der Waals surface area contributed by atoms with Crippen molar-refractivity contribution < 1.29 is 9.47 Å². The molecule has 2 heterocycles. The van der Waals surface area contributed by atoms with Crippen LogP contribution in [0, 0.1) is 12.8 Å². The van der Waals surface area contributed by atoms with E-state index >= 15 is 0 Å². The van der Waals surface area contributed by atoms with Gasteiger partial charge >= 0.3 is 0 Å². The molecule has 1 aliphatic rings. The van der Waals surface area contributed by atoms with Gasteiger partial charge in [0.15, 0.2) is 6.29 Å². The van der Waals surface area contributed by atoms with Gasteiger partial charge in [0.25, 0.3) is 0 Å². The average molecular weight is 266 g/mol. The highest BCUT2D eigenvalue weighted by molar-refractivity contribution is 5.40. The SMILES string of the molecule is CC.COC(OC)C1CCN(c2ccc(C)cn2)C1. The molecule has 1 aromatic heterocycles. The van der Waals surface area contributed by atoms with E-state index < -0.39 is 0 Å². The van der Waals surface area contributed by atoms with Crippen LogP contribution in [0.5, 0.6) is 0 Å². The van der Waals surface area contributed by atoms with Gasteiger partial charge in [0, 0.05) is 39.4 Å². The van der Waals surface area contributed by atoms with Gasteiger partial charge in [-0.1, -0.05) is 19.9 Å². The Bertz CT molecular complexity index is 350. The van der Waals surface area contributed by atoms with Crippen molar-refractivity contribution in [3.05, 3.63) is 23.9 Å². The predicted molar refractivity (Wildman–Crippen MR) is 78.4 cm³/mol. The molecule has 1 unspecified atom stereocenters. The molecule has 4 nitrogen and oxygen atoms in total. The van der Waals surface area contributed by atoms with E-state index in [2.05, 4.69) is 28.9 Å². The van der Waals surface area contributed by atoms with Crippen molar-refractivity contribution in [2.75, 3.05) is 32.2 Å². The van der Waals surface area contributed by atoms with E-state index in [4.69, 9.17) is 9.47 Å². The molecular formula is C15H26N2O2. The number of methoxy groups -OCH3 is 2. The van der Waals surface area contributed by atoms with E-state index in [1.807, 2.05) is 20.0 Å². The van der Waals surface area contributed by atoms with E-state index in [-0.39, 0.29) is 6.29 Å². The lowest BCUT2D eigenvalue weighted by molar-refractivity contribution is -0.132. The Kier molecular flexibility index (Phi) is 6.81. The summed E-state index contributed by atoms with van der Waals surface area (Å²) in [5.74, 6) is 1.47. The van der Waals surface area contributed by atoms with Crippen molar-refractivity contribution in [2.45, 2.75) is 33.5 Å². The first-order valence-electron chi connectivity index (χ1n) is 6.97. The van der Waals surface area contributed by atoms with E-state index in [0.717, 1.165) is 25.3 Å². The van der Waals surface area contributed by atoms with Crippen LogP contribution < -0.4 is 4.90 Å². The first-order chi connectivity index (χ1) is 9.24. The van der Waals surface area contributed by atoms with Gasteiger partial charge in [-0.3, -0.25) is 0 Å². The molecule has 0 saturated carbocycles. The third-order valence-corrected chi connectivity index (χ3v) is 3.29. The number of aryl methyl sites for hydroxylation is 1. The number of hydrogen-bond acceptors (Lipinski definition) is 4. The minimum absolute atomic E-state index is 0.106. The number of ether oxygens (including phenoxy) is 2. The van der Waals surface area contributed by atoms with Crippen molar-refractivity contribution >= 4 is 5.82 Å². The Hall–Kier alpha value is -1.13. The lowest BCUT2D eigenvalue weighted by Crippen LogP contribution is -2.28. The summed E-state index contributed by atoms with van der Waals surface area (Å²) in [6.45, 7) is 8.02. The number of pyridine rings is 1. The van der Waals surface area contributed by atoms with E-state index in [1.165, 1.54) is 5.56 Å². The quantitative estimate of drug-likeness (QED) is 0.785. The van der Waals surface area contributed by atoms with Crippen molar-refractivity contribution in [1.82, 2.24) is 4.98 Å². The fourth-order valence-corrected chi connectivity index (χ4v) is 2.35. The van der Waals surface area contributed by atoms with Crippen LogP contribution in [0.15, 0.2) is 18.3 Å². The molecule has 4 heteroatoms. The molecular weight excluding hydrogens is 240 g/mol. The molecule has 1 fully saturated rings. The molecule has 0 aromatic carbocycles. The maximum Gasteiger partial charge on any atom is 0.161 e. The standard InChI is InChI=1S/C13H20N2O2.C2H6/c1-10-4-5-12(14-8-10)15-7-6-11(9-15)13(16-2)17-3;1-2/h4-5,8,11,13H,6-7,9H2,1-3H3;1-2H3. The van der Waals surface area contributed by atoms with Crippen LogP contribution in [0.1, 0.15) is 25.8 Å². The van der Waals surface area contributed by atoms with Gasteiger partial charge in [-0.2, -0.15) is 0 Å². The normalized spacial score (nSPS) is 18.4. The van der Waals surface area contributed by atoms with Gasteiger partial charge in [-0.05, 0) is 25.0 Å². The van der Waals surface area contributed by atoms with Crippen LogP contribution in [0.3, 0.4) is 0 Å². The zero-order valence-corrected chi connectivity index (χ0v) is 12.7. The van der Waals surface area contributed by atoms with Crippen LogP contribution >= 0.6 is 0 Å². The zero-order chi connectivity index (χ0) is 14.3. The highest BCUT2D eigenvalue weighted by Gasteiger charge is 2.30. The maximum absolute atomic E-state index is 5.32. The minimum Gasteiger partial charge on any atom is -0.356 e. The summed E-state index contributed by atoms with van der Waals surface area (Å²) in [6.07, 6.45) is 2.89. The summed E-state index contributed by atoms with van der Waals surface area (Å²) < 4.78 is 10.6. The van der Waals surface area contributed by atoms with Crippen LogP contribution in [-0.4, -0.2) is 38.6 Å². The maximum atomic E-state index is 5.32. The lowest BCUT2D eigenvalue weighted by atomic mass is 10.1. The van der Waals surface area contributed by atoms with Gasteiger partial charge in [-0.25, -0.2) is 4.98 Å². The van der Waals surface area contributed by atoms with E-state index in [9.17, 15) is 0 Å². The van der Waals surface area contributed by atoms with Crippen LogP contribution in [0.4, 0.5) is 5.82 Å². The first kappa shape index (κ1) is 15.9. The summed E-state index contributed by atoms with van der Waals surface area (Å²) in [6, 6.07) is 4.17. The third kappa shape index (κ3) is 4.18. The fraction of sp³-hybridized carbons (Fsp3) is 0.667. The van der Waals surface area contributed by atoms with Gasteiger partial charge < -0.3 is 14.4 Å². The van der Waals surface area contributed by atoms with Gasteiger partial charge in [-0.15, -0.1) is 0 Å². The monoisotopic (exact) mass is 266 g/mol. The summed E-state index contributed by atoms with van der Waals surface area (Å²) in [4.78, 5) is 6.74. The zero-order valence-electron chi connectivity index (χ0n) is 12.7.